The zero-order valence-electron chi connectivity index (χ0n) is 35.4. The van der Waals surface area contributed by atoms with E-state index in [-0.39, 0.29) is 21.7 Å². The van der Waals surface area contributed by atoms with Gasteiger partial charge < -0.3 is 8.80 Å². The average Bonchev–Trinajstić information content (AvgIpc) is 4.19. The van der Waals surface area contributed by atoms with Gasteiger partial charge in [-0.3, -0.25) is 0 Å². The molecule has 4 saturated carbocycles. The van der Waals surface area contributed by atoms with Crippen LogP contribution in [-0.4, -0.2) is 8.80 Å². The summed E-state index contributed by atoms with van der Waals surface area (Å²) in [4.78, 5) is 0. The molecule has 0 amide bonds. The monoisotopic (exact) mass is 792 g/mol. The van der Waals surface area contributed by atoms with Gasteiger partial charge >= 0.3 is 0 Å². The van der Waals surface area contributed by atoms with Crippen molar-refractivity contribution in [2.45, 2.75) is 156 Å². The molecule has 4 nitrogen and oxygen atoms in total. The van der Waals surface area contributed by atoms with Gasteiger partial charge in [-0.2, -0.15) is 10.5 Å². The maximum absolute atomic E-state index is 11.2. The molecule has 6 aliphatic rings. The molecule has 4 heterocycles. The Labute approximate surface area is 356 Å². The molecule has 4 heteroatoms. The van der Waals surface area contributed by atoms with Crippen molar-refractivity contribution < 1.29 is 0 Å². The second kappa shape index (κ2) is 11.4. The first kappa shape index (κ1) is 34.3. The zero-order valence-corrected chi connectivity index (χ0v) is 35.4. The third kappa shape index (κ3) is 3.88. The first-order chi connectivity index (χ1) is 30.0. The molecule has 4 aromatic heterocycles. The molecule has 0 N–H and O–H groups in total. The summed E-state index contributed by atoms with van der Waals surface area (Å²) < 4.78 is 5.17. The molecule has 0 unspecified atom stereocenters. The van der Waals surface area contributed by atoms with E-state index in [1.54, 1.807) is 11.1 Å². The number of aromatic nitrogens is 2. The predicted octanol–water partition coefficient (Wildman–Crippen LogP) is 15.0. The molecule has 9 aromatic rings. The van der Waals surface area contributed by atoms with Crippen LogP contribution in [0.4, 0.5) is 0 Å². The molecular formula is C57H52N4. The van der Waals surface area contributed by atoms with E-state index < -0.39 is 0 Å². The number of para-hydroxylation sites is 2. The van der Waals surface area contributed by atoms with Crippen LogP contribution in [0.2, 0.25) is 0 Å². The second-order valence-corrected chi connectivity index (χ2v) is 21.7. The van der Waals surface area contributed by atoms with Gasteiger partial charge in [0.05, 0.1) is 56.4 Å². The van der Waals surface area contributed by atoms with Crippen LogP contribution in [0.3, 0.4) is 0 Å². The van der Waals surface area contributed by atoms with Crippen LogP contribution in [0.25, 0.3) is 76.2 Å². The summed E-state index contributed by atoms with van der Waals surface area (Å²) in [7, 11) is 0. The summed E-state index contributed by atoms with van der Waals surface area (Å²) in [5.74, 6) is 0. The quantitative estimate of drug-likeness (QED) is 0.154. The third-order valence-corrected chi connectivity index (χ3v) is 19.2. The van der Waals surface area contributed by atoms with Crippen LogP contribution in [0, 0.1) is 22.7 Å². The van der Waals surface area contributed by atoms with Crippen molar-refractivity contribution in [1.29, 1.82) is 10.5 Å². The van der Waals surface area contributed by atoms with E-state index in [0.29, 0.717) is 0 Å². The number of nitriles is 2. The van der Waals surface area contributed by atoms with Gasteiger partial charge in [-0.05, 0) is 139 Å². The first-order valence-corrected chi connectivity index (χ1v) is 24.3. The third-order valence-electron chi connectivity index (χ3n) is 19.2. The van der Waals surface area contributed by atoms with Crippen molar-refractivity contribution in [3.63, 3.8) is 0 Å². The van der Waals surface area contributed by atoms with Crippen LogP contribution in [0.1, 0.15) is 168 Å². The SMILES string of the molecule is N#Cc1cc2c(c3c1C1(CCCCC1)CCC31CCCCC1)c1cccc3c4cc5c(cc4n2c31)c1cccc2c3c4c(c(C#N)cc3n5c12)C1(CCCC1)CC41CCCC1. The summed E-state index contributed by atoms with van der Waals surface area (Å²) in [5.41, 5.74) is 16.3. The Balaban J connectivity index is 1.07. The Morgan fingerprint density at radius 2 is 0.754 bits per heavy atom. The lowest BCUT2D eigenvalue weighted by Crippen LogP contribution is -2.43. The Morgan fingerprint density at radius 1 is 0.377 bits per heavy atom. The summed E-state index contributed by atoms with van der Waals surface area (Å²) >= 11 is 0. The highest BCUT2D eigenvalue weighted by Gasteiger charge is 2.56. The van der Waals surface area contributed by atoms with E-state index >= 15 is 0 Å². The second-order valence-electron chi connectivity index (χ2n) is 21.7. The predicted molar refractivity (Wildman–Crippen MR) is 249 cm³/mol. The van der Waals surface area contributed by atoms with E-state index in [1.165, 1.54) is 222 Å². The van der Waals surface area contributed by atoms with Crippen LogP contribution in [0.5, 0.6) is 0 Å². The Kier molecular flexibility index (Phi) is 6.40. The molecule has 0 atom stereocenters. The molecule has 300 valence electrons. The zero-order chi connectivity index (χ0) is 40.0. The fourth-order valence-electron chi connectivity index (χ4n) is 17.1. The van der Waals surface area contributed by atoms with E-state index in [2.05, 4.69) is 81.6 Å². The van der Waals surface area contributed by atoms with Crippen LogP contribution >= 0.6 is 0 Å². The molecule has 0 radical (unpaired) electrons. The summed E-state index contributed by atoms with van der Waals surface area (Å²) in [6, 6.07) is 29.5. The maximum Gasteiger partial charge on any atom is 0.0995 e. The van der Waals surface area contributed by atoms with Gasteiger partial charge in [-0.1, -0.05) is 101 Å². The highest BCUT2D eigenvalue weighted by Crippen LogP contribution is 2.66. The average molecular weight is 793 g/mol. The molecule has 0 aliphatic heterocycles. The van der Waals surface area contributed by atoms with E-state index in [0.717, 1.165) is 11.1 Å². The van der Waals surface area contributed by atoms with Crippen molar-refractivity contribution in [3.8, 4) is 12.1 Å². The number of rotatable bonds is 0. The molecule has 4 fully saturated rings. The van der Waals surface area contributed by atoms with Crippen molar-refractivity contribution >= 4 is 76.2 Å². The normalized spacial score (nSPS) is 22.5. The lowest BCUT2D eigenvalue weighted by Gasteiger charge is -2.52. The molecule has 15 rings (SSSR count). The van der Waals surface area contributed by atoms with Gasteiger partial charge in [0.2, 0.25) is 0 Å². The molecule has 5 aromatic carbocycles. The number of benzene rings is 5. The van der Waals surface area contributed by atoms with E-state index in [9.17, 15) is 10.5 Å². The van der Waals surface area contributed by atoms with E-state index in [4.69, 9.17) is 0 Å². The van der Waals surface area contributed by atoms with Gasteiger partial charge in [0.25, 0.3) is 0 Å². The van der Waals surface area contributed by atoms with Gasteiger partial charge in [0.15, 0.2) is 0 Å². The maximum atomic E-state index is 11.2. The fraction of sp³-hybridized carbons (Fsp3) is 0.439. The number of fused-ring (bicyclic) bond motifs is 20. The van der Waals surface area contributed by atoms with Crippen molar-refractivity contribution in [3.05, 3.63) is 94.0 Å². The smallest absolute Gasteiger partial charge is 0.0995 e. The minimum Gasteiger partial charge on any atom is -0.308 e. The van der Waals surface area contributed by atoms with Crippen LogP contribution in [0.15, 0.2) is 60.7 Å². The molecule has 61 heavy (non-hydrogen) atoms. The Morgan fingerprint density at radius 3 is 1.23 bits per heavy atom. The summed E-state index contributed by atoms with van der Waals surface area (Å²) in [6.07, 6.45) is 26.7. The van der Waals surface area contributed by atoms with Crippen molar-refractivity contribution in [2.24, 2.45) is 0 Å². The Bertz CT molecular complexity index is 3500. The van der Waals surface area contributed by atoms with Crippen molar-refractivity contribution in [2.75, 3.05) is 0 Å². The molecule has 4 spiro atoms. The summed E-state index contributed by atoms with van der Waals surface area (Å²) in [6.45, 7) is 0. The minimum absolute atomic E-state index is 0.139. The van der Waals surface area contributed by atoms with Crippen LogP contribution < -0.4 is 0 Å². The highest BCUT2D eigenvalue weighted by molar-refractivity contribution is 6.29. The molecule has 6 aliphatic carbocycles. The lowest BCUT2D eigenvalue weighted by molar-refractivity contribution is 0.177. The highest BCUT2D eigenvalue weighted by atomic mass is 14.9. The topological polar surface area (TPSA) is 56.4 Å². The standard InChI is InChI=1S/C57H52N4/c58-31-34-27-44-46(50-48(34)54(17-3-1-4-18-54)25-26-55(50)19-5-2-6-20-55)38-15-11-13-36-40-30-43-41(29-42(40)60(44)52(36)38)37-14-12-16-39-47-45(61(43)53(37)39)28-35(32-59)49-51(47)57(23-9-10-24-57)33-56(49)21-7-8-22-56/h11-16,27-30H,1-10,17-26,33H2. The van der Waals surface area contributed by atoms with Gasteiger partial charge in [-0.15, -0.1) is 0 Å². The largest absolute Gasteiger partial charge is 0.308 e. The lowest BCUT2D eigenvalue weighted by atomic mass is 9.52. The molecule has 0 bridgehead atoms. The molecular weight excluding hydrogens is 741 g/mol. The number of hydrogen-bond donors (Lipinski definition) is 0. The van der Waals surface area contributed by atoms with E-state index in [1.807, 2.05) is 0 Å². The van der Waals surface area contributed by atoms with Crippen LogP contribution in [-0.2, 0) is 21.7 Å². The van der Waals surface area contributed by atoms with Gasteiger partial charge in [0.1, 0.15) is 0 Å². The van der Waals surface area contributed by atoms with Crippen molar-refractivity contribution in [1.82, 2.24) is 8.80 Å². The van der Waals surface area contributed by atoms with Gasteiger partial charge in [-0.25, -0.2) is 0 Å². The minimum atomic E-state index is 0.139. The van der Waals surface area contributed by atoms with Gasteiger partial charge in [0, 0.05) is 43.1 Å². The summed E-state index contributed by atoms with van der Waals surface area (Å²) in [5, 5.41) is 33.1. The number of hydrogen-bond acceptors (Lipinski definition) is 2. The molecule has 0 saturated heterocycles. The number of nitrogens with zero attached hydrogens (tertiary/aromatic N) is 4. The Hall–Kier alpha value is -5.32. The first-order valence-electron chi connectivity index (χ1n) is 24.3. The fourth-order valence-corrected chi connectivity index (χ4v) is 17.1.